The van der Waals surface area contributed by atoms with Gasteiger partial charge in [-0.2, -0.15) is 0 Å². The molecule has 17 amide bonds. The number of nitrogens with one attached hydrogen (secondary N) is 16. The number of primary amides is 1. The van der Waals surface area contributed by atoms with Gasteiger partial charge in [-0.1, -0.05) is 145 Å². The molecule has 0 aliphatic heterocycles. The Morgan fingerprint density at radius 2 is 0.617 bits per heavy atom. The van der Waals surface area contributed by atoms with Gasteiger partial charge in [0.25, 0.3) is 0 Å². The standard InChI is InChI=1S/C97H153N25O27/c1-13-51(10)77(93(146)115-67(42-56-27-33-59(126)34-28-56)89(142)120-76(50(8)9)92(145)117-70(45-75(131)132)90(143)122-79(95(148)149)53(12)15-3)119-73(128)46-107-81(134)68(43-72(100)127)116-94(147)78(52(11)14-2)121-88(141)64(39-49(6)7)111-85(138)65(40-54-23-29-57(124)30-24-54)113-87(140)69(44-74(129)130)114-84(137)63(38-48(4)5)110-83(136)62(22-19-37-106-97(103)104)109-91(144)71(47-123)118-86(139)66(41-55-25-31-58(125)32-26-55)112-82(135)61(21-18-36-105-96(101)102)108-80(133)60(99)20-16-17-35-98/h23-34,48-53,60-71,76-79,123-126H,13-22,35-47,98-99H2,1-12H3,(H2,100,127)(H,107,134)(H,108,133)(H,109,144)(H,110,136)(H,111,138)(H,112,135)(H,113,140)(H,114,137)(H,115,146)(H,116,147)(H,117,145)(H,118,139)(H,119,128)(H,120,142)(H,121,141)(H,122,143)(H,129,130)(H,131,132)(H,148,149)(H4,101,102,105)(H4,103,104,106)/t51-,52-,53-,60-,61-,62-,63-,64-,65-,66-,67-,68-,69-,70-,71-,76-,77-,78-,79-/m0/s1. The number of amides is 17. The lowest BCUT2D eigenvalue weighted by molar-refractivity contribution is -0.145. The number of aromatic hydroxyl groups is 3. The highest BCUT2D eigenvalue weighted by atomic mass is 16.4. The van der Waals surface area contributed by atoms with Crippen LogP contribution < -0.4 is 125 Å². The molecular formula is C97H153N25O27. The van der Waals surface area contributed by atoms with E-state index in [-0.39, 0.29) is 125 Å². The number of nitrogens with zero attached hydrogens (tertiary/aromatic N) is 2. The molecule has 149 heavy (non-hydrogen) atoms. The van der Waals surface area contributed by atoms with Gasteiger partial charge in [0.1, 0.15) is 108 Å². The van der Waals surface area contributed by atoms with Gasteiger partial charge < -0.3 is 161 Å². The van der Waals surface area contributed by atoms with E-state index in [0.29, 0.717) is 30.5 Å². The molecule has 3 aromatic rings. The average molecular weight is 2100 g/mol. The quantitative estimate of drug-likeness (QED) is 0.0142. The Balaban J connectivity index is 2.00. The third-order valence-corrected chi connectivity index (χ3v) is 24.1. The number of hydrogen-bond donors (Lipinski definition) is 30. The van der Waals surface area contributed by atoms with Gasteiger partial charge in [0, 0.05) is 32.4 Å². The van der Waals surface area contributed by atoms with Crippen molar-refractivity contribution >= 4 is 130 Å². The molecule has 0 saturated heterocycles. The Labute approximate surface area is 863 Å². The lowest BCUT2D eigenvalue weighted by atomic mass is 9.96. The number of phenols is 3. The van der Waals surface area contributed by atoms with E-state index in [1.54, 1.807) is 55.4 Å². The minimum absolute atomic E-state index is 0.0139. The van der Waals surface area contributed by atoms with Crippen LogP contribution in [0, 0.1) is 35.5 Å². The number of unbranched alkanes of at least 4 members (excludes halogenated alkanes) is 1. The third-order valence-electron chi connectivity index (χ3n) is 24.1. The fourth-order valence-corrected chi connectivity index (χ4v) is 15.1. The number of carboxylic acids is 3. The Hall–Kier alpha value is -15.1. The number of guanidine groups is 2. The Bertz CT molecular complexity index is 5040. The minimum atomic E-state index is -2.10. The molecule has 52 nitrogen and oxygen atoms in total. The molecule has 0 spiro atoms. The lowest BCUT2D eigenvalue weighted by Crippen LogP contribution is -2.62. The first kappa shape index (κ1) is 128. The molecule has 0 aliphatic carbocycles. The minimum Gasteiger partial charge on any atom is -0.508 e. The van der Waals surface area contributed by atoms with Gasteiger partial charge in [0.2, 0.25) is 100 Å². The first-order chi connectivity index (χ1) is 70.0. The van der Waals surface area contributed by atoms with Crippen molar-refractivity contribution in [1.29, 1.82) is 0 Å². The van der Waals surface area contributed by atoms with Crippen molar-refractivity contribution in [2.75, 3.05) is 32.8 Å². The highest BCUT2D eigenvalue weighted by molar-refractivity contribution is 6.03. The van der Waals surface area contributed by atoms with Crippen molar-refractivity contribution in [3.63, 3.8) is 0 Å². The summed E-state index contributed by atoms with van der Waals surface area (Å²) in [5, 5.41) is 111. The van der Waals surface area contributed by atoms with Crippen LogP contribution >= 0.6 is 0 Å². The van der Waals surface area contributed by atoms with Crippen molar-refractivity contribution in [3.8, 4) is 17.2 Å². The maximum Gasteiger partial charge on any atom is 0.326 e. The molecule has 3 rings (SSSR count). The molecule has 19 atom stereocenters. The van der Waals surface area contributed by atoms with Gasteiger partial charge in [-0.25, -0.2) is 4.79 Å². The van der Waals surface area contributed by atoms with Crippen LogP contribution in [0.3, 0.4) is 0 Å². The van der Waals surface area contributed by atoms with Crippen LogP contribution in [-0.2, 0) is 115 Å². The summed E-state index contributed by atoms with van der Waals surface area (Å²) in [6, 6.07) is -10.4. The zero-order valence-electron chi connectivity index (χ0n) is 86.1. The fraction of sp³-hybridized carbons (Fsp3) is 0.588. The van der Waals surface area contributed by atoms with E-state index in [2.05, 4.69) is 95.1 Å². The molecule has 0 unspecified atom stereocenters. The van der Waals surface area contributed by atoms with Crippen LogP contribution in [0.1, 0.15) is 196 Å². The molecule has 0 bridgehead atoms. The van der Waals surface area contributed by atoms with E-state index >= 15 is 4.79 Å². The molecule has 828 valence electrons. The predicted molar refractivity (Wildman–Crippen MR) is 543 cm³/mol. The second kappa shape index (κ2) is 65.5. The summed E-state index contributed by atoms with van der Waals surface area (Å²) in [4.78, 5) is 288. The Morgan fingerprint density at radius 1 is 0.322 bits per heavy atom. The number of carboxylic acid groups (broad SMARTS) is 3. The van der Waals surface area contributed by atoms with E-state index < -0.39 is 289 Å². The molecule has 0 saturated carbocycles. The SMILES string of the molecule is CC[C@H](C)[C@H](NC(=O)[C@H](CC(=O)O)NC(=O)[C@@H](NC(=O)[C@H](Cc1ccc(O)cc1)NC(=O)[C@@H](NC(=O)CNC(=O)[C@H](CC(N)=O)NC(=O)[C@@H](NC(=O)[C@H](CC(C)C)NC(=O)[C@H](Cc1ccc(O)cc1)NC(=O)[C@H](CC(=O)O)NC(=O)[C@H](CC(C)C)NC(=O)[C@H](CCCN=C(N)N)NC(=O)[C@H](CO)NC(=O)[C@H](Cc1ccc(O)cc1)NC(=O)[C@H](CCCN=C(N)N)NC(=O)[C@@H](N)CCCCN)[C@@H](C)CC)[C@@H](C)CC)C(C)C)C(=O)O. The Kier molecular flexibility index (Phi) is 56.3. The van der Waals surface area contributed by atoms with Crippen molar-refractivity contribution in [2.45, 2.75) is 295 Å². The summed E-state index contributed by atoms with van der Waals surface area (Å²) >= 11 is 0. The number of benzene rings is 3. The summed E-state index contributed by atoms with van der Waals surface area (Å²) < 4.78 is 0. The van der Waals surface area contributed by atoms with Crippen molar-refractivity contribution in [2.24, 2.45) is 85.6 Å². The lowest BCUT2D eigenvalue weighted by Gasteiger charge is -2.30. The Morgan fingerprint density at radius 3 is 0.987 bits per heavy atom. The molecule has 0 heterocycles. The van der Waals surface area contributed by atoms with E-state index in [1.807, 2.05) is 0 Å². The van der Waals surface area contributed by atoms with Crippen molar-refractivity contribution < 1.29 is 132 Å². The number of aliphatic hydroxyl groups excluding tert-OH is 1. The summed E-state index contributed by atoms with van der Waals surface area (Å²) in [5.41, 5.74) is 40.6. The van der Waals surface area contributed by atoms with Crippen LogP contribution in [0.5, 0.6) is 17.2 Å². The van der Waals surface area contributed by atoms with Crippen LogP contribution in [0.25, 0.3) is 0 Å². The van der Waals surface area contributed by atoms with Crippen LogP contribution in [0.4, 0.5) is 0 Å². The zero-order valence-corrected chi connectivity index (χ0v) is 86.1. The molecule has 0 aromatic heterocycles. The maximum atomic E-state index is 15.0. The van der Waals surface area contributed by atoms with E-state index in [4.69, 9.17) is 40.1 Å². The smallest absolute Gasteiger partial charge is 0.326 e. The molecule has 0 fully saturated rings. The number of hydrogen-bond acceptors (Lipinski definition) is 28. The van der Waals surface area contributed by atoms with Gasteiger partial charge in [-0.05, 0) is 147 Å². The second-order valence-electron chi connectivity index (χ2n) is 37.8. The van der Waals surface area contributed by atoms with Gasteiger partial charge in [0.15, 0.2) is 11.9 Å². The zero-order chi connectivity index (χ0) is 112. The molecular weight excluding hydrogens is 1950 g/mol. The number of nitrogens with two attached hydrogens (primary N) is 7. The molecule has 37 N–H and O–H groups in total. The second-order valence-corrected chi connectivity index (χ2v) is 37.8. The largest absolute Gasteiger partial charge is 0.508 e. The van der Waals surface area contributed by atoms with Gasteiger partial charge in [-0.15, -0.1) is 0 Å². The number of rotatable bonds is 69. The number of aliphatic carboxylic acids is 3. The van der Waals surface area contributed by atoms with Crippen molar-refractivity contribution in [3.05, 3.63) is 89.5 Å². The van der Waals surface area contributed by atoms with Gasteiger partial charge >= 0.3 is 17.9 Å². The van der Waals surface area contributed by atoms with Crippen LogP contribution in [0.2, 0.25) is 0 Å². The third kappa shape index (κ3) is 47.5. The van der Waals surface area contributed by atoms with Crippen molar-refractivity contribution in [1.82, 2.24) is 85.1 Å². The fourth-order valence-electron chi connectivity index (χ4n) is 15.1. The monoisotopic (exact) mass is 2100 g/mol. The molecule has 52 heteroatoms. The summed E-state index contributed by atoms with van der Waals surface area (Å²) in [5.74, 6) is -28.3. The topological polar surface area (TPSA) is 882 Å². The predicted octanol–water partition coefficient (Wildman–Crippen LogP) is -5.43. The van der Waals surface area contributed by atoms with Crippen LogP contribution in [-0.4, -0.2) is 295 Å². The summed E-state index contributed by atoms with van der Waals surface area (Å²) in [6.07, 6.45) is -3.25. The van der Waals surface area contributed by atoms with E-state index in [9.17, 15) is 127 Å². The van der Waals surface area contributed by atoms with Gasteiger partial charge in [0.05, 0.1) is 38.5 Å². The molecule has 0 aliphatic rings. The summed E-state index contributed by atoms with van der Waals surface area (Å²) in [7, 11) is 0. The number of aliphatic imine (C=N–C) groups is 2. The van der Waals surface area contributed by atoms with E-state index in [0.717, 1.165) is 0 Å². The highest BCUT2D eigenvalue weighted by Crippen LogP contribution is 2.22. The highest BCUT2D eigenvalue weighted by Gasteiger charge is 2.42. The maximum absolute atomic E-state index is 15.0. The molecule has 0 radical (unpaired) electrons. The first-order valence-corrected chi connectivity index (χ1v) is 49.3. The normalized spacial score (nSPS) is 15.0. The van der Waals surface area contributed by atoms with Gasteiger partial charge in [-0.3, -0.25) is 101 Å². The number of phenolic OH excluding ortho intramolecular Hbond substituents is 3. The summed E-state index contributed by atoms with van der Waals surface area (Å²) in [6.45, 7) is 17.2. The number of aliphatic hydroxyl groups is 1. The van der Waals surface area contributed by atoms with Crippen LogP contribution in [0.15, 0.2) is 82.8 Å². The number of carbonyl (C=O) groups is 20. The first-order valence-electron chi connectivity index (χ1n) is 49.3. The molecule has 3 aromatic carbocycles. The number of carbonyl (C=O) groups excluding carboxylic acids is 17. The van der Waals surface area contributed by atoms with E-state index in [1.165, 1.54) is 100 Å². The average Bonchev–Trinajstić information content (AvgIpc) is 0.840.